The molecule has 1 aliphatic rings. The largest absolute Gasteiger partial charge is 0.361 e. The minimum Gasteiger partial charge on any atom is -0.361 e. The predicted molar refractivity (Wildman–Crippen MR) is 67.3 cm³/mol. The normalized spacial score (nSPS) is 24.6. The van der Waals surface area contributed by atoms with Crippen molar-refractivity contribution in [3.05, 3.63) is 36.0 Å². The zero-order valence-electron chi connectivity index (χ0n) is 9.66. The second kappa shape index (κ2) is 3.95. The van der Waals surface area contributed by atoms with Gasteiger partial charge in [0, 0.05) is 24.3 Å². The Morgan fingerprint density at radius 1 is 1.31 bits per heavy atom. The smallest absolute Gasteiger partial charge is 0.0457 e. The van der Waals surface area contributed by atoms with Gasteiger partial charge >= 0.3 is 0 Å². The van der Waals surface area contributed by atoms with E-state index in [9.17, 15) is 0 Å². The van der Waals surface area contributed by atoms with Crippen molar-refractivity contribution in [1.29, 1.82) is 0 Å². The maximum Gasteiger partial charge on any atom is 0.0457 e. The minimum atomic E-state index is 0.745. The Bertz CT molecular complexity index is 480. The summed E-state index contributed by atoms with van der Waals surface area (Å²) >= 11 is 0. The lowest BCUT2D eigenvalue weighted by molar-refractivity contribution is 0.240. The van der Waals surface area contributed by atoms with Crippen molar-refractivity contribution < 1.29 is 0 Å². The molecule has 0 atom stereocenters. The van der Waals surface area contributed by atoms with E-state index < -0.39 is 0 Å². The lowest BCUT2D eigenvalue weighted by atomic mass is 9.82. The summed E-state index contributed by atoms with van der Waals surface area (Å²) in [5.41, 5.74) is 2.61. The highest BCUT2D eigenvalue weighted by molar-refractivity contribution is 5.79. The standard InChI is InChI=1S/C14H18N2/c1-10-6-13(7-10)16-9-11-2-3-12-4-5-15-14(12)8-11/h2-5,8,10,13,15-16H,6-7,9H2,1H3. The van der Waals surface area contributed by atoms with Gasteiger partial charge in [0.15, 0.2) is 0 Å². The number of aromatic amines is 1. The molecule has 2 N–H and O–H groups in total. The highest BCUT2D eigenvalue weighted by Gasteiger charge is 2.24. The van der Waals surface area contributed by atoms with Crippen LogP contribution in [0.1, 0.15) is 25.3 Å². The lowest BCUT2D eigenvalue weighted by Gasteiger charge is -2.33. The molecule has 0 aliphatic heterocycles. The number of aromatic nitrogens is 1. The van der Waals surface area contributed by atoms with Gasteiger partial charge in [0.05, 0.1) is 0 Å². The minimum absolute atomic E-state index is 0.745. The van der Waals surface area contributed by atoms with Crippen LogP contribution >= 0.6 is 0 Å². The molecule has 0 radical (unpaired) electrons. The third kappa shape index (κ3) is 1.85. The van der Waals surface area contributed by atoms with E-state index in [0.29, 0.717) is 0 Å². The van der Waals surface area contributed by atoms with Crippen LogP contribution in [0, 0.1) is 5.92 Å². The highest BCUT2D eigenvalue weighted by atomic mass is 14.9. The van der Waals surface area contributed by atoms with Crippen molar-refractivity contribution in [3.63, 3.8) is 0 Å². The second-order valence-electron chi connectivity index (χ2n) is 5.05. The molecule has 3 rings (SSSR count). The summed E-state index contributed by atoms with van der Waals surface area (Å²) in [7, 11) is 0. The quantitative estimate of drug-likeness (QED) is 0.807. The van der Waals surface area contributed by atoms with Crippen molar-refractivity contribution in [2.45, 2.75) is 32.4 Å². The summed E-state index contributed by atoms with van der Waals surface area (Å²) < 4.78 is 0. The number of H-pyrrole nitrogens is 1. The average Bonchev–Trinajstić information content (AvgIpc) is 2.69. The average molecular weight is 214 g/mol. The number of rotatable bonds is 3. The lowest BCUT2D eigenvalue weighted by Crippen LogP contribution is -2.39. The fraction of sp³-hybridized carbons (Fsp3) is 0.429. The second-order valence-corrected chi connectivity index (χ2v) is 5.05. The van der Waals surface area contributed by atoms with Gasteiger partial charge in [-0.3, -0.25) is 0 Å². The summed E-state index contributed by atoms with van der Waals surface area (Å²) in [5.74, 6) is 0.920. The molecule has 0 spiro atoms. The molecule has 1 aromatic carbocycles. The Hall–Kier alpha value is -1.28. The number of hydrogen-bond acceptors (Lipinski definition) is 1. The van der Waals surface area contributed by atoms with Gasteiger partial charge in [-0.25, -0.2) is 0 Å². The molecule has 0 saturated heterocycles. The van der Waals surface area contributed by atoms with Crippen molar-refractivity contribution in [2.75, 3.05) is 0 Å². The summed E-state index contributed by atoms with van der Waals surface area (Å²) in [6, 6.07) is 9.50. The van der Waals surface area contributed by atoms with Crippen LogP contribution in [0.25, 0.3) is 10.9 Å². The van der Waals surface area contributed by atoms with Crippen LogP contribution in [-0.2, 0) is 6.54 Å². The molecule has 2 aromatic rings. The third-order valence-electron chi connectivity index (χ3n) is 3.59. The first kappa shape index (κ1) is 9.91. The van der Waals surface area contributed by atoms with Gasteiger partial charge in [-0.15, -0.1) is 0 Å². The highest BCUT2D eigenvalue weighted by Crippen LogP contribution is 2.26. The summed E-state index contributed by atoms with van der Waals surface area (Å²) in [6.45, 7) is 3.31. The van der Waals surface area contributed by atoms with E-state index in [1.54, 1.807) is 0 Å². The van der Waals surface area contributed by atoms with Gasteiger partial charge in [-0.1, -0.05) is 19.1 Å². The van der Waals surface area contributed by atoms with Gasteiger partial charge in [-0.05, 0) is 41.8 Å². The summed E-state index contributed by atoms with van der Waals surface area (Å²) in [5, 5.41) is 4.90. The zero-order chi connectivity index (χ0) is 11.0. The van der Waals surface area contributed by atoms with Gasteiger partial charge in [-0.2, -0.15) is 0 Å². The maximum absolute atomic E-state index is 3.61. The molecule has 2 nitrogen and oxygen atoms in total. The molecule has 0 unspecified atom stereocenters. The SMILES string of the molecule is CC1CC(NCc2ccc3cc[nH]c3c2)C1. The number of benzene rings is 1. The van der Waals surface area contributed by atoms with Gasteiger partial charge in [0.25, 0.3) is 0 Å². The van der Waals surface area contributed by atoms with Crippen molar-refractivity contribution >= 4 is 10.9 Å². The molecule has 1 aromatic heterocycles. The number of nitrogens with one attached hydrogen (secondary N) is 2. The Kier molecular flexibility index (Phi) is 2.44. The van der Waals surface area contributed by atoms with Crippen LogP contribution in [0.5, 0.6) is 0 Å². The van der Waals surface area contributed by atoms with Crippen LogP contribution in [0.3, 0.4) is 0 Å². The molecule has 1 saturated carbocycles. The Morgan fingerprint density at radius 3 is 3.00 bits per heavy atom. The molecule has 0 amide bonds. The maximum atomic E-state index is 3.61. The fourth-order valence-corrected chi connectivity index (χ4v) is 2.54. The fourth-order valence-electron chi connectivity index (χ4n) is 2.54. The van der Waals surface area contributed by atoms with Crippen LogP contribution in [0.15, 0.2) is 30.5 Å². The van der Waals surface area contributed by atoms with Crippen LogP contribution in [-0.4, -0.2) is 11.0 Å². The number of hydrogen-bond donors (Lipinski definition) is 2. The molecule has 84 valence electrons. The van der Waals surface area contributed by atoms with Crippen LogP contribution in [0.4, 0.5) is 0 Å². The van der Waals surface area contributed by atoms with Crippen molar-refractivity contribution in [2.24, 2.45) is 5.92 Å². The summed E-state index contributed by atoms with van der Waals surface area (Å²) in [4.78, 5) is 3.25. The third-order valence-corrected chi connectivity index (χ3v) is 3.59. The first-order chi connectivity index (χ1) is 7.81. The van der Waals surface area contributed by atoms with E-state index in [0.717, 1.165) is 18.5 Å². The molecule has 16 heavy (non-hydrogen) atoms. The van der Waals surface area contributed by atoms with Crippen LogP contribution < -0.4 is 5.32 Å². The first-order valence-corrected chi connectivity index (χ1v) is 6.10. The summed E-state index contributed by atoms with van der Waals surface area (Å²) in [6.07, 6.45) is 4.67. The van der Waals surface area contributed by atoms with Crippen molar-refractivity contribution in [1.82, 2.24) is 10.3 Å². The molecular weight excluding hydrogens is 196 g/mol. The van der Waals surface area contributed by atoms with Crippen LogP contribution in [0.2, 0.25) is 0 Å². The first-order valence-electron chi connectivity index (χ1n) is 6.10. The molecule has 2 heteroatoms. The van der Waals surface area contributed by atoms with E-state index in [-0.39, 0.29) is 0 Å². The number of fused-ring (bicyclic) bond motifs is 1. The van der Waals surface area contributed by atoms with E-state index in [1.165, 1.54) is 29.3 Å². The van der Waals surface area contributed by atoms with Gasteiger partial charge < -0.3 is 10.3 Å². The van der Waals surface area contributed by atoms with Gasteiger partial charge in [0.1, 0.15) is 0 Å². The molecule has 1 fully saturated rings. The molecule has 0 bridgehead atoms. The topological polar surface area (TPSA) is 27.8 Å². The molecule has 1 aliphatic carbocycles. The van der Waals surface area contributed by atoms with E-state index in [1.807, 2.05) is 6.20 Å². The zero-order valence-corrected chi connectivity index (χ0v) is 9.66. The Labute approximate surface area is 96.1 Å². The monoisotopic (exact) mass is 214 g/mol. The predicted octanol–water partition coefficient (Wildman–Crippen LogP) is 3.06. The van der Waals surface area contributed by atoms with E-state index >= 15 is 0 Å². The van der Waals surface area contributed by atoms with Gasteiger partial charge in [0.2, 0.25) is 0 Å². The Morgan fingerprint density at radius 2 is 2.19 bits per heavy atom. The Balaban J connectivity index is 1.65. The molecule has 1 heterocycles. The van der Waals surface area contributed by atoms with E-state index in [2.05, 4.69) is 41.5 Å². The van der Waals surface area contributed by atoms with E-state index in [4.69, 9.17) is 0 Å². The molecular formula is C14H18N2. The van der Waals surface area contributed by atoms with Crippen molar-refractivity contribution in [3.8, 4) is 0 Å².